The van der Waals surface area contributed by atoms with Gasteiger partial charge >= 0.3 is 0 Å². The first kappa shape index (κ1) is 16.7. The number of hydrogen-bond acceptors (Lipinski definition) is 2. The lowest BCUT2D eigenvalue weighted by atomic mass is 10.0. The maximum Gasteiger partial charge on any atom is 0.0330 e. The normalized spacial score (nSPS) is 12.9. The number of unbranched alkanes of at least 4 members (excludes halogenated alkanes) is 2. The second-order valence-corrected chi connectivity index (χ2v) is 6.11. The molecule has 0 saturated heterocycles. The first-order valence-corrected chi connectivity index (χ1v) is 8.08. The van der Waals surface area contributed by atoms with Crippen molar-refractivity contribution in [3.63, 3.8) is 0 Å². The smallest absolute Gasteiger partial charge is 0.0330 e. The zero-order chi connectivity index (χ0) is 14.1. The monoisotopic (exact) mass is 326 g/mol. The third-order valence-corrected chi connectivity index (χ3v) is 4.04. The molecule has 0 aromatic heterocycles. The minimum absolute atomic E-state index is 0.436. The summed E-state index contributed by atoms with van der Waals surface area (Å²) in [6, 6.07) is 9.02. The highest BCUT2D eigenvalue weighted by Gasteiger charge is 2.10. The zero-order valence-corrected chi connectivity index (χ0v) is 14.0. The summed E-state index contributed by atoms with van der Waals surface area (Å²) in [5, 5.41) is 3.42. The van der Waals surface area contributed by atoms with Gasteiger partial charge in [0.05, 0.1) is 0 Å². The predicted octanol–water partition coefficient (Wildman–Crippen LogP) is 4.22. The number of nitrogens with one attached hydrogen (secondary N) is 1. The van der Waals surface area contributed by atoms with Gasteiger partial charge in [0.25, 0.3) is 0 Å². The molecule has 1 unspecified atom stereocenters. The minimum atomic E-state index is 0.436. The van der Waals surface area contributed by atoms with Crippen molar-refractivity contribution in [2.75, 3.05) is 27.2 Å². The highest BCUT2D eigenvalue weighted by atomic mass is 79.9. The maximum atomic E-state index is 3.54. The van der Waals surface area contributed by atoms with Crippen molar-refractivity contribution in [3.8, 4) is 0 Å². The molecule has 0 heterocycles. The molecule has 0 spiro atoms. The molecule has 0 radical (unpaired) electrons. The van der Waals surface area contributed by atoms with E-state index in [0.29, 0.717) is 6.04 Å². The van der Waals surface area contributed by atoms with Crippen molar-refractivity contribution in [3.05, 3.63) is 34.3 Å². The Labute approximate surface area is 126 Å². The van der Waals surface area contributed by atoms with Crippen molar-refractivity contribution in [2.24, 2.45) is 0 Å². The van der Waals surface area contributed by atoms with Crippen molar-refractivity contribution in [1.82, 2.24) is 10.2 Å². The van der Waals surface area contributed by atoms with Crippen LogP contribution in [0.5, 0.6) is 0 Å². The van der Waals surface area contributed by atoms with Gasteiger partial charge in [-0.3, -0.25) is 0 Å². The summed E-state index contributed by atoms with van der Waals surface area (Å²) >= 11 is 3.54. The molecule has 0 aliphatic rings. The Kier molecular flexibility index (Phi) is 8.35. The minimum Gasteiger partial charge on any atom is -0.313 e. The molecule has 0 aliphatic carbocycles. The molecule has 1 N–H and O–H groups in total. The summed E-state index contributed by atoms with van der Waals surface area (Å²) < 4.78 is 1.15. The lowest BCUT2D eigenvalue weighted by Crippen LogP contribution is -2.26. The number of benzene rings is 1. The summed E-state index contributed by atoms with van der Waals surface area (Å²) in [4.78, 5) is 2.44. The standard InChI is InChI=1S/C16H27BrN2/c1-4-5-6-11-19(3)12-10-16(18-2)14-8-7-9-15(17)13-14/h7-9,13,16,18H,4-6,10-12H2,1-3H3. The molecule has 1 aromatic rings. The van der Waals surface area contributed by atoms with Crippen molar-refractivity contribution in [2.45, 2.75) is 38.6 Å². The molecule has 2 nitrogen and oxygen atoms in total. The lowest BCUT2D eigenvalue weighted by Gasteiger charge is -2.22. The van der Waals surface area contributed by atoms with Gasteiger partial charge < -0.3 is 10.2 Å². The first-order valence-electron chi connectivity index (χ1n) is 7.28. The molecular formula is C16H27BrN2. The highest BCUT2D eigenvalue weighted by Crippen LogP contribution is 2.20. The van der Waals surface area contributed by atoms with E-state index < -0.39 is 0 Å². The van der Waals surface area contributed by atoms with Crippen LogP contribution in [0.15, 0.2) is 28.7 Å². The second kappa shape index (κ2) is 9.51. The molecule has 1 rings (SSSR count). The molecule has 19 heavy (non-hydrogen) atoms. The fourth-order valence-corrected chi connectivity index (χ4v) is 2.71. The molecular weight excluding hydrogens is 300 g/mol. The summed E-state index contributed by atoms with van der Waals surface area (Å²) in [6.07, 6.45) is 5.10. The van der Waals surface area contributed by atoms with E-state index in [2.05, 4.69) is 64.4 Å². The summed E-state index contributed by atoms with van der Waals surface area (Å²) in [7, 11) is 4.27. The molecule has 108 valence electrons. The number of halogens is 1. The van der Waals surface area contributed by atoms with Crippen LogP contribution in [0, 0.1) is 0 Å². The molecule has 0 amide bonds. The van der Waals surface area contributed by atoms with Crippen LogP contribution in [-0.4, -0.2) is 32.1 Å². The summed E-state index contributed by atoms with van der Waals surface area (Å²) in [6.45, 7) is 4.61. The Morgan fingerprint density at radius 3 is 2.68 bits per heavy atom. The Morgan fingerprint density at radius 1 is 1.26 bits per heavy atom. The van der Waals surface area contributed by atoms with Crippen LogP contribution < -0.4 is 5.32 Å². The molecule has 0 saturated carbocycles. The van der Waals surface area contributed by atoms with Crippen molar-refractivity contribution >= 4 is 15.9 Å². The van der Waals surface area contributed by atoms with E-state index in [4.69, 9.17) is 0 Å². The van der Waals surface area contributed by atoms with Gasteiger partial charge in [0, 0.05) is 10.5 Å². The van der Waals surface area contributed by atoms with Crippen LogP contribution in [0.4, 0.5) is 0 Å². The van der Waals surface area contributed by atoms with Crippen LogP contribution >= 0.6 is 15.9 Å². The topological polar surface area (TPSA) is 15.3 Å². The molecule has 0 fully saturated rings. The van der Waals surface area contributed by atoms with Gasteiger partial charge in [-0.25, -0.2) is 0 Å². The van der Waals surface area contributed by atoms with Crippen molar-refractivity contribution < 1.29 is 0 Å². The Balaban J connectivity index is 2.40. The van der Waals surface area contributed by atoms with Gasteiger partial charge in [0.1, 0.15) is 0 Å². The van der Waals surface area contributed by atoms with E-state index in [1.54, 1.807) is 0 Å². The average molecular weight is 327 g/mol. The van der Waals surface area contributed by atoms with E-state index >= 15 is 0 Å². The SMILES string of the molecule is CCCCCN(C)CCC(NC)c1cccc(Br)c1. The van der Waals surface area contributed by atoms with Gasteiger partial charge in [-0.2, -0.15) is 0 Å². The lowest BCUT2D eigenvalue weighted by molar-refractivity contribution is 0.304. The Morgan fingerprint density at radius 2 is 2.05 bits per heavy atom. The highest BCUT2D eigenvalue weighted by molar-refractivity contribution is 9.10. The maximum absolute atomic E-state index is 3.54. The van der Waals surface area contributed by atoms with Gasteiger partial charge in [-0.1, -0.05) is 47.8 Å². The molecule has 0 bridgehead atoms. The van der Waals surface area contributed by atoms with E-state index in [9.17, 15) is 0 Å². The predicted molar refractivity (Wildman–Crippen MR) is 87.6 cm³/mol. The van der Waals surface area contributed by atoms with Crippen LogP contribution in [-0.2, 0) is 0 Å². The number of hydrogen-bond donors (Lipinski definition) is 1. The van der Waals surface area contributed by atoms with E-state index in [1.807, 2.05) is 7.05 Å². The van der Waals surface area contributed by atoms with Crippen molar-refractivity contribution in [1.29, 1.82) is 0 Å². The average Bonchev–Trinajstić information content (AvgIpc) is 2.40. The van der Waals surface area contributed by atoms with Gasteiger partial charge in [0.15, 0.2) is 0 Å². The first-order chi connectivity index (χ1) is 9.17. The summed E-state index contributed by atoms with van der Waals surface area (Å²) in [5.41, 5.74) is 1.36. The molecule has 3 heteroatoms. The fraction of sp³-hybridized carbons (Fsp3) is 0.625. The Hall–Kier alpha value is -0.380. The number of rotatable bonds is 9. The quantitative estimate of drug-likeness (QED) is 0.683. The van der Waals surface area contributed by atoms with E-state index in [1.165, 1.54) is 31.4 Å². The fourth-order valence-electron chi connectivity index (χ4n) is 2.29. The van der Waals surface area contributed by atoms with Crippen LogP contribution in [0.1, 0.15) is 44.2 Å². The molecule has 0 aliphatic heterocycles. The third kappa shape index (κ3) is 6.55. The largest absolute Gasteiger partial charge is 0.313 e. The van der Waals surface area contributed by atoms with Crippen LogP contribution in [0.2, 0.25) is 0 Å². The van der Waals surface area contributed by atoms with Gasteiger partial charge in [-0.15, -0.1) is 0 Å². The van der Waals surface area contributed by atoms with E-state index in [-0.39, 0.29) is 0 Å². The van der Waals surface area contributed by atoms with E-state index in [0.717, 1.165) is 17.4 Å². The second-order valence-electron chi connectivity index (χ2n) is 5.20. The third-order valence-electron chi connectivity index (χ3n) is 3.54. The number of nitrogens with zero attached hydrogens (tertiary/aromatic N) is 1. The van der Waals surface area contributed by atoms with Gasteiger partial charge in [-0.05, 0) is 57.7 Å². The summed E-state index contributed by atoms with van der Waals surface area (Å²) in [5.74, 6) is 0. The van der Waals surface area contributed by atoms with Crippen LogP contribution in [0.3, 0.4) is 0 Å². The van der Waals surface area contributed by atoms with Crippen LogP contribution in [0.25, 0.3) is 0 Å². The zero-order valence-electron chi connectivity index (χ0n) is 12.5. The molecule has 1 aromatic carbocycles. The van der Waals surface area contributed by atoms with Gasteiger partial charge in [0.2, 0.25) is 0 Å². The Bertz CT molecular complexity index is 354. The molecule has 1 atom stereocenters.